The van der Waals surface area contributed by atoms with Gasteiger partial charge in [-0.2, -0.15) is 0 Å². The molecule has 0 radical (unpaired) electrons. The Morgan fingerprint density at radius 2 is 2.03 bits per heavy atom. The molecule has 0 aliphatic carbocycles. The fourth-order valence-corrected chi connectivity index (χ4v) is 4.60. The summed E-state index contributed by atoms with van der Waals surface area (Å²) in [4.78, 5) is 21.5. The smallest absolute Gasteiger partial charge is 0.179 e. The lowest BCUT2D eigenvalue weighted by molar-refractivity contribution is 0.198. The molecule has 3 aromatic rings. The van der Waals surface area contributed by atoms with Crippen LogP contribution in [0.3, 0.4) is 0 Å². The minimum Gasteiger partial charge on any atom is -0.385 e. The summed E-state index contributed by atoms with van der Waals surface area (Å²) in [5.41, 5.74) is 7.54. The number of piperidine rings is 1. The molecule has 10 heteroatoms. The number of hydrogen-bond donors (Lipinski definition) is 2. The highest BCUT2D eigenvalue weighted by Crippen LogP contribution is 2.36. The molecule has 0 bridgehead atoms. The minimum atomic E-state index is -0.0952. The van der Waals surface area contributed by atoms with E-state index in [-0.39, 0.29) is 5.54 Å². The van der Waals surface area contributed by atoms with Gasteiger partial charge in [-0.05, 0) is 44.4 Å². The topological polar surface area (TPSA) is 102 Å². The van der Waals surface area contributed by atoms with Gasteiger partial charge >= 0.3 is 0 Å². The maximum absolute atomic E-state index is 6.57. The van der Waals surface area contributed by atoms with Gasteiger partial charge in [0.15, 0.2) is 5.65 Å². The van der Waals surface area contributed by atoms with Crippen LogP contribution < -0.4 is 16.0 Å². The van der Waals surface area contributed by atoms with Crippen molar-refractivity contribution in [2.75, 3.05) is 43.6 Å². The third-order valence-corrected chi connectivity index (χ3v) is 6.97. The van der Waals surface area contributed by atoms with Crippen molar-refractivity contribution in [3.8, 4) is 0 Å². The predicted molar refractivity (Wildman–Crippen MR) is 130 cm³/mol. The van der Waals surface area contributed by atoms with E-state index in [1.165, 1.54) is 11.8 Å². The molecule has 0 aromatic carbocycles. The van der Waals surface area contributed by atoms with E-state index >= 15 is 0 Å². The van der Waals surface area contributed by atoms with Crippen molar-refractivity contribution in [2.45, 2.75) is 41.6 Å². The largest absolute Gasteiger partial charge is 0.385 e. The Bertz CT molecular complexity index is 1070. The second-order valence-electron chi connectivity index (χ2n) is 8.21. The average Bonchev–Trinajstić information content (AvgIpc) is 2.78. The van der Waals surface area contributed by atoms with Crippen LogP contribution >= 0.6 is 23.4 Å². The first kappa shape index (κ1) is 23.0. The van der Waals surface area contributed by atoms with Crippen LogP contribution in [0.2, 0.25) is 5.02 Å². The predicted octanol–water partition coefficient (Wildman–Crippen LogP) is 3.99. The standard InChI is InChI=1S/C22H28ClN7OS/c1-22(24)7-11-30(12-8-22)17-14-27-20-15(28-17)4-5-18(29-20)32-16-6-10-26-21(19(16)23)25-9-3-13-31-2/h4-6,10,14H,3,7-9,11-13,24H2,1-2H3,(H,25,26). The molecule has 1 fully saturated rings. The van der Waals surface area contributed by atoms with E-state index in [1.54, 1.807) is 19.5 Å². The molecule has 1 aliphatic heterocycles. The van der Waals surface area contributed by atoms with E-state index < -0.39 is 0 Å². The Hall–Kier alpha value is -2.20. The minimum absolute atomic E-state index is 0.0952. The van der Waals surface area contributed by atoms with Gasteiger partial charge < -0.3 is 20.7 Å². The summed E-state index contributed by atoms with van der Waals surface area (Å²) in [5.74, 6) is 1.53. The Morgan fingerprint density at radius 1 is 1.22 bits per heavy atom. The molecule has 32 heavy (non-hydrogen) atoms. The molecule has 1 saturated heterocycles. The van der Waals surface area contributed by atoms with Crippen LogP contribution in [0, 0.1) is 0 Å². The average molecular weight is 474 g/mol. The van der Waals surface area contributed by atoms with Gasteiger partial charge in [0.05, 0.1) is 11.2 Å². The van der Waals surface area contributed by atoms with Gasteiger partial charge in [0.1, 0.15) is 22.2 Å². The molecule has 170 valence electrons. The zero-order valence-corrected chi connectivity index (χ0v) is 19.9. The monoisotopic (exact) mass is 473 g/mol. The molecule has 3 N–H and O–H groups in total. The summed E-state index contributed by atoms with van der Waals surface area (Å²) >= 11 is 8.05. The van der Waals surface area contributed by atoms with Crippen LogP contribution in [0.4, 0.5) is 11.6 Å². The van der Waals surface area contributed by atoms with Gasteiger partial charge in [0, 0.05) is 50.0 Å². The normalized spacial score (nSPS) is 15.8. The first-order valence-electron chi connectivity index (χ1n) is 10.7. The second kappa shape index (κ2) is 10.2. The highest BCUT2D eigenvalue weighted by Gasteiger charge is 2.26. The Morgan fingerprint density at radius 3 is 2.81 bits per heavy atom. The molecule has 8 nitrogen and oxygen atoms in total. The van der Waals surface area contributed by atoms with Gasteiger partial charge in [-0.3, -0.25) is 0 Å². The van der Waals surface area contributed by atoms with Crippen molar-refractivity contribution in [3.05, 3.63) is 35.6 Å². The number of nitrogens with two attached hydrogens (primary N) is 1. The van der Waals surface area contributed by atoms with Crippen LogP contribution in [0.5, 0.6) is 0 Å². The third kappa shape index (κ3) is 5.58. The van der Waals surface area contributed by atoms with Crippen molar-refractivity contribution < 1.29 is 4.74 Å². The van der Waals surface area contributed by atoms with Gasteiger partial charge in [0.25, 0.3) is 0 Å². The van der Waals surface area contributed by atoms with Gasteiger partial charge in [-0.1, -0.05) is 23.4 Å². The zero-order valence-electron chi connectivity index (χ0n) is 18.3. The quantitative estimate of drug-likeness (QED) is 0.470. The molecule has 0 unspecified atom stereocenters. The molecule has 0 spiro atoms. The number of rotatable bonds is 8. The van der Waals surface area contributed by atoms with Crippen LogP contribution in [-0.2, 0) is 4.74 Å². The van der Waals surface area contributed by atoms with Crippen molar-refractivity contribution >= 4 is 46.2 Å². The summed E-state index contributed by atoms with van der Waals surface area (Å²) < 4.78 is 5.07. The molecule has 0 atom stereocenters. The number of hydrogen-bond acceptors (Lipinski definition) is 9. The first-order chi connectivity index (χ1) is 15.4. The molecule has 3 aromatic heterocycles. The number of nitrogens with zero attached hydrogens (tertiary/aromatic N) is 5. The van der Waals surface area contributed by atoms with E-state index in [0.29, 0.717) is 23.1 Å². The molecule has 0 amide bonds. The van der Waals surface area contributed by atoms with Crippen molar-refractivity contribution in [3.63, 3.8) is 0 Å². The highest BCUT2D eigenvalue weighted by molar-refractivity contribution is 7.99. The number of pyridine rings is 2. The SMILES string of the molecule is COCCCNc1nccc(Sc2ccc3nc(N4CCC(C)(N)CC4)cnc3n2)c1Cl. The summed E-state index contributed by atoms with van der Waals surface area (Å²) in [5, 5.41) is 4.63. The van der Waals surface area contributed by atoms with E-state index in [9.17, 15) is 0 Å². The molecule has 1 aliphatic rings. The maximum Gasteiger partial charge on any atom is 0.179 e. The van der Waals surface area contributed by atoms with Gasteiger partial charge in [0.2, 0.25) is 0 Å². The summed E-state index contributed by atoms with van der Waals surface area (Å²) in [7, 11) is 1.69. The Labute approximate surface area is 197 Å². The van der Waals surface area contributed by atoms with Crippen LogP contribution in [-0.4, -0.2) is 58.8 Å². The molecule has 0 saturated carbocycles. The van der Waals surface area contributed by atoms with Gasteiger partial charge in [-0.15, -0.1) is 0 Å². The number of ether oxygens (including phenoxy) is 1. The Balaban J connectivity index is 1.46. The number of halogens is 1. The van der Waals surface area contributed by atoms with Crippen LogP contribution in [0.25, 0.3) is 11.2 Å². The van der Waals surface area contributed by atoms with Crippen molar-refractivity contribution in [1.82, 2.24) is 19.9 Å². The van der Waals surface area contributed by atoms with E-state index in [1.807, 2.05) is 18.2 Å². The second-order valence-corrected chi connectivity index (χ2v) is 9.65. The fraction of sp³-hybridized carbons (Fsp3) is 0.455. The molecule has 4 heterocycles. The lowest BCUT2D eigenvalue weighted by Gasteiger charge is -2.37. The molecular weight excluding hydrogens is 446 g/mol. The number of anilines is 2. The summed E-state index contributed by atoms with van der Waals surface area (Å²) in [6.07, 6.45) is 6.30. The van der Waals surface area contributed by atoms with E-state index in [2.05, 4.69) is 32.1 Å². The summed E-state index contributed by atoms with van der Waals surface area (Å²) in [6, 6.07) is 5.79. The maximum atomic E-state index is 6.57. The number of fused-ring (bicyclic) bond motifs is 1. The third-order valence-electron chi connectivity index (χ3n) is 5.48. The molecule has 4 rings (SSSR count). The zero-order chi connectivity index (χ0) is 22.6. The van der Waals surface area contributed by atoms with E-state index in [0.717, 1.165) is 60.2 Å². The first-order valence-corrected chi connectivity index (χ1v) is 11.9. The fourth-order valence-electron chi connectivity index (χ4n) is 3.50. The lowest BCUT2D eigenvalue weighted by Crippen LogP contribution is -2.48. The van der Waals surface area contributed by atoms with Gasteiger partial charge in [-0.25, -0.2) is 19.9 Å². The number of methoxy groups -OCH3 is 1. The van der Waals surface area contributed by atoms with Crippen molar-refractivity contribution in [2.24, 2.45) is 5.73 Å². The van der Waals surface area contributed by atoms with E-state index in [4.69, 9.17) is 27.1 Å². The number of nitrogens with one attached hydrogen (secondary N) is 1. The number of aromatic nitrogens is 4. The Kier molecular flexibility index (Phi) is 7.30. The summed E-state index contributed by atoms with van der Waals surface area (Å²) in [6.45, 7) is 5.30. The highest BCUT2D eigenvalue weighted by atomic mass is 35.5. The van der Waals surface area contributed by atoms with Crippen LogP contribution in [0.1, 0.15) is 26.2 Å². The molecular formula is C22H28ClN7OS. The van der Waals surface area contributed by atoms with Crippen LogP contribution in [0.15, 0.2) is 40.5 Å². The van der Waals surface area contributed by atoms with Crippen molar-refractivity contribution in [1.29, 1.82) is 0 Å². The lowest BCUT2D eigenvalue weighted by atomic mass is 9.91.